The number of nitrogens with two attached hydrogens (primary N) is 1. The standard InChI is InChI=1S/C13H20N2O3/c1-16-11-7-10(8-15-9-11)12(14)13(17-2)3-5-18-6-4-13/h7-9,12H,3-6,14H2,1-2H3. The van der Waals surface area contributed by atoms with Gasteiger partial charge in [0.1, 0.15) is 5.75 Å². The van der Waals surface area contributed by atoms with Gasteiger partial charge in [0.25, 0.3) is 0 Å². The molecule has 1 aromatic heterocycles. The van der Waals surface area contributed by atoms with E-state index < -0.39 is 0 Å². The van der Waals surface area contributed by atoms with Crippen LogP contribution in [0.15, 0.2) is 18.5 Å². The van der Waals surface area contributed by atoms with Crippen LogP contribution in [0.1, 0.15) is 24.4 Å². The predicted octanol–water partition coefficient (Wildman–Crippen LogP) is 1.29. The maximum atomic E-state index is 6.36. The van der Waals surface area contributed by atoms with E-state index in [4.69, 9.17) is 19.9 Å². The van der Waals surface area contributed by atoms with Gasteiger partial charge in [0.2, 0.25) is 0 Å². The van der Waals surface area contributed by atoms with Gasteiger partial charge in [-0.05, 0) is 11.6 Å². The smallest absolute Gasteiger partial charge is 0.137 e. The van der Waals surface area contributed by atoms with Crippen molar-refractivity contribution < 1.29 is 14.2 Å². The van der Waals surface area contributed by atoms with Gasteiger partial charge in [-0.1, -0.05) is 0 Å². The van der Waals surface area contributed by atoms with Crippen LogP contribution in [0.5, 0.6) is 5.75 Å². The summed E-state index contributed by atoms with van der Waals surface area (Å²) in [4.78, 5) is 4.14. The van der Waals surface area contributed by atoms with E-state index in [9.17, 15) is 0 Å². The summed E-state index contributed by atoms with van der Waals surface area (Å²) >= 11 is 0. The van der Waals surface area contributed by atoms with Crippen LogP contribution in [0.2, 0.25) is 0 Å². The van der Waals surface area contributed by atoms with Gasteiger partial charge in [-0.25, -0.2) is 0 Å². The van der Waals surface area contributed by atoms with E-state index in [0.717, 1.165) is 18.4 Å². The number of hydrogen-bond donors (Lipinski definition) is 1. The molecule has 18 heavy (non-hydrogen) atoms. The molecule has 2 N–H and O–H groups in total. The highest BCUT2D eigenvalue weighted by molar-refractivity contribution is 5.27. The molecule has 2 heterocycles. The lowest BCUT2D eigenvalue weighted by Gasteiger charge is -2.40. The minimum atomic E-state index is -0.369. The zero-order chi connectivity index (χ0) is 13.0. The Hall–Kier alpha value is -1.17. The van der Waals surface area contributed by atoms with Gasteiger partial charge in [0.05, 0.1) is 24.9 Å². The Kier molecular flexibility index (Phi) is 4.16. The molecule has 1 atom stereocenters. The molecule has 0 amide bonds. The number of ether oxygens (including phenoxy) is 3. The Morgan fingerprint density at radius 2 is 2.06 bits per heavy atom. The van der Waals surface area contributed by atoms with Crippen LogP contribution in [-0.4, -0.2) is 38.0 Å². The Morgan fingerprint density at radius 1 is 1.33 bits per heavy atom. The molecule has 0 saturated carbocycles. The van der Waals surface area contributed by atoms with E-state index >= 15 is 0 Å². The lowest BCUT2D eigenvalue weighted by Crippen LogP contribution is -2.47. The van der Waals surface area contributed by atoms with E-state index in [1.807, 2.05) is 6.07 Å². The van der Waals surface area contributed by atoms with Crippen molar-refractivity contribution in [1.29, 1.82) is 0 Å². The minimum absolute atomic E-state index is 0.228. The van der Waals surface area contributed by atoms with E-state index in [1.165, 1.54) is 0 Å². The molecule has 1 aliphatic heterocycles. The first-order valence-electron chi connectivity index (χ1n) is 6.09. The zero-order valence-electron chi connectivity index (χ0n) is 10.9. The maximum Gasteiger partial charge on any atom is 0.137 e. The lowest BCUT2D eigenvalue weighted by molar-refractivity contribution is -0.105. The van der Waals surface area contributed by atoms with E-state index in [-0.39, 0.29) is 11.6 Å². The van der Waals surface area contributed by atoms with Crippen LogP contribution in [0, 0.1) is 0 Å². The second kappa shape index (κ2) is 5.65. The van der Waals surface area contributed by atoms with Gasteiger partial charge in [-0.15, -0.1) is 0 Å². The van der Waals surface area contributed by atoms with Gasteiger partial charge in [0, 0.05) is 39.4 Å². The zero-order valence-corrected chi connectivity index (χ0v) is 10.9. The molecular formula is C13H20N2O3. The minimum Gasteiger partial charge on any atom is -0.495 e. The first kappa shape index (κ1) is 13.3. The largest absolute Gasteiger partial charge is 0.495 e. The van der Waals surface area contributed by atoms with E-state index in [1.54, 1.807) is 26.6 Å². The highest BCUT2D eigenvalue weighted by Crippen LogP contribution is 2.36. The number of aromatic nitrogens is 1. The Labute approximate surface area is 107 Å². The number of hydrogen-bond acceptors (Lipinski definition) is 5. The van der Waals surface area contributed by atoms with Crippen molar-refractivity contribution in [2.45, 2.75) is 24.5 Å². The van der Waals surface area contributed by atoms with Crippen LogP contribution in [0.25, 0.3) is 0 Å². The molecule has 0 spiro atoms. The number of methoxy groups -OCH3 is 2. The average Bonchev–Trinajstić information content (AvgIpc) is 2.47. The van der Waals surface area contributed by atoms with Crippen LogP contribution in [0.3, 0.4) is 0 Å². The van der Waals surface area contributed by atoms with Crippen molar-refractivity contribution in [2.75, 3.05) is 27.4 Å². The first-order valence-corrected chi connectivity index (χ1v) is 6.09. The molecule has 1 saturated heterocycles. The predicted molar refractivity (Wildman–Crippen MR) is 67.5 cm³/mol. The molecule has 1 fully saturated rings. The average molecular weight is 252 g/mol. The number of nitrogens with zero attached hydrogens (tertiary/aromatic N) is 1. The molecule has 0 aliphatic carbocycles. The van der Waals surface area contributed by atoms with Crippen molar-refractivity contribution in [3.05, 3.63) is 24.0 Å². The summed E-state index contributed by atoms with van der Waals surface area (Å²) in [7, 11) is 3.33. The molecule has 0 bridgehead atoms. The third-order valence-electron chi connectivity index (χ3n) is 3.64. The highest BCUT2D eigenvalue weighted by Gasteiger charge is 2.39. The summed E-state index contributed by atoms with van der Waals surface area (Å²) in [6.07, 6.45) is 5.02. The van der Waals surface area contributed by atoms with Crippen LogP contribution in [-0.2, 0) is 9.47 Å². The molecule has 5 heteroatoms. The summed E-state index contributed by atoms with van der Waals surface area (Å²) in [5.41, 5.74) is 6.92. The SMILES string of the molecule is COc1cncc(C(N)C2(OC)CCOCC2)c1. The number of rotatable bonds is 4. The third-order valence-corrected chi connectivity index (χ3v) is 3.64. The van der Waals surface area contributed by atoms with Crippen LogP contribution in [0.4, 0.5) is 0 Å². The molecule has 0 radical (unpaired) electrons. The Morgan fingerprint density at radius 3 is 2.67 bits per heavy atom. The van der Waals surface area contributed by atoms with Gasteiger partial charge < -0.3 is 19.9 Å². The molecule has 0 aromatic carbocycles. The summed E-state index contributed by atoms with van der Waals surface area (Å²) in [5.74, 6) is 0.710. The molecule has 5 nitrogen and oxygen atoms in total. The summed E-state index contributed by atoms with van der Waals surface area (Å²) in [6.45, 7) is 1.36. The monoisotopic (exact) mass is 252 g/mol. The Balaban J connectivity index is 2.24. The summed E-state index contributed by atoms with van der Waals surface area (Å²) < 4.78 is 16.3. The topological polar surface area (TPSA) is 66.6 Å². The van der Waals surface area contributed by atoms with Gasteiger partial charge in [-0.3, -0.25) is 4.98 Å². The molecule has 2 rings (SSSR count). The summed E-state index contributed by atoms with van der Waals surface area (Å²) in [5, 5.41) is 0. The molecule has 1 aromatic rings. The highest BCUT2D eigenvalue weighted by atomic mass is 16.5. The maximum absolute atomic E-state index is 6.36. The summed E-state index contributed by atoms with van der Waals surface area (Å²) in [6, 6.07) is 1.68. The first-order chi connectivity index (χ1) is 8.72. The fourth-order valence-electron chi connectivity index (χ4n) is 2.38. The molecule has 1 unspecified atom stereocenters. The fraction of sp³-hybridized carbons (Fsp3) is 0.615. The molecule has 100 valence electrons. The normalized spacial score (nSPS) is 20.4. The van der Waals surface area contributed by atoms with Crippen LogP contribution < -0.4 is 10.5 Å². The number of pyridine rings is 1. The quantitative estimate of drug-likeness (QED) is 0.874. The van der Waals surface area contributed by atoms with Crippen molar-refractivity contribution in [3.8, 4) is 5.75 Å². The van der Waals surface area contributed by atoms with Crippen molar-refractivity contribution >= 4 is 0 Å². The molecular weight excluding hydrogens is 232 g/mol. The Bertz CT molecular complexity index is 392. The van der Waals surface area contributed by atoms with E-state index in [0.29, 0.717) is 19.0 Å². The second-order valence-corrected chi connectivity index (χ2v) is 4.52. The third kappa shape index (κ3) is 2.48. The van der Waals surface area contributed by atoms with Crippen LogP contribution >= 0.6 is 0 Å². The second-order valence-electron chi connectivity index (χ2n) is 4.52. The van der Waals surface area contributed by atoms with E-state index in [2.05, 4.69) is 4.98 Å². The van der Waals surface area contributed by atoms with Crippen molar-refractivity contribution in [1.82, 2.24) is 4.98 Å². The lowest BCUT2D eigenvalue weighted by atomic mass is 9.83. The van der Waals surface area contributed by atoms with Gasteiger partial charge in [0.15, 0.2) is 0 Å². The molecule has 1 aliphatic rings. The van der Waals surface area contributed by atoms with Gasteiger partial charge in [-0.2, -0.15) is 0 Å². The van der Waals surface area contributed by atoms with Crippen molar-refractivity contribution in [2.24, 2.45) is 5.73 Å². The fourth-order valence-corrected chi connectivity index (χ4v) is 2.38. The van der Waals surface area contributed by atoms with Gasteiger partial charge >= 0.3 is 0 Å². The van der Waals surface area contributed by atoms with Crippen molar-refractivity contribution in [3.63, 3.8) is 0 Å².